The molecule has 0 aromatic carbocycles. The molecular formula is C41H80O4. The summed E-state index contributed by atoms with van der Waals surface area (Å²) in [5.74, 6) is -0.0756. The van der Waals surface area contributed by atoms with Gasteiger partial charge in [-0.3, -0.25) is 9.59 Å². The van der Waals surface area contributed by atoms with Crippen molar-refractivity contribution in [1.82, 2.24) is 0 Å². The van der Waals surface area contributed by atoms with Crippen LogP contribution in [0.15, 0.2) is 0 Å². The van der Waals surface area contributed by atoms with Gasteiger partial charge < -0.3 is 9.47 Å². The summed E-state index contributed by atoms with van der Waals surface area (Å²) in [5.41, 5.74) is 0. The maximum atomic E-state index is 13.1. The Hall–Kier alpha value is -0.900. The van der Waals surface area contributed by atoms with Crippen LogP contribution in [-0.4, -0.2) is 30.6 Å². The number of esters is 1. The SMILES string of the molecule is CCCCCCCCCCCCO[C@@H](CCCCCCCCCCC)CC(=O)O[C@H](CCCCCCCCCCC)CC(C)=O. The average Bonchev–Trinajstić information content (AvgIpc) is 3.01. The lowest BCUT2D eigenvalue weighted by molar-refractivity contribution is -0.153. The van der Waals surface area contributed by atoms with E-state index in [4.69, 9.17) is 9.47 Å². The number of unbranched alkanes of at least 4 members (excludes halogenated alkanes) is 25. The van der Waals surface area contributed by atoms with Gasteiger partial charge in [0.15, 0.2) is 0 Å². The minimum absolute atomic E-state index is 0.0636. The molecular weight excluding hydrogens is 556 g/mol. The van der Waals surface area contributed by atoms with Crippen molar-refractivity contribution in [2.24, 2.45) is 0 Å². The molecule has 4 nitrogen and oxygen atoms in total. The van der Waals surface area contributed by atoms with Crippen molar-refractivity contribution >= 4 is 11.8 Å². The van der Waals surface area contributed by atoms with E-state index in [2.05, 4.69) is 20.8 Å². The van der Waals surface area contributed by atoms with Gasteiger partial charge in [-0.05, 0) is 32.6 Å². The lowest BCUT2D eigenvalue weighted by atomic mass is 10.0. The molecule has 0 saturated heterocycles. The molecule has 0 unspecified atom stereocenters. The smallest absolute Gasteiger partial charge is 0.308 e. The van der Waals surface area contributed by atoms with Crippen LogP contribution in [0.5, 0.6) is 0 Å². The lowest BCUT2D eigenvalue weighted by Crippen LogP contribution is -2.25. The number of carbonyl (C=O) groups excluding carboxylic acids is 2. The van der Waals surface area contributed by atoms with Gasteiger partial charge in [-0.2, -0.15) is 0 Å². The molecule has 4 heteroatoms. The number of ketones is 1. The van der Waals surface area contributed by atoms with Crippen LogP contribution in [0.25, 0.3) is 0 Å². The Morgan fingerprint density at radius 2 is 0.756 bits per heavy atom. The van der Waals surface area contributed by atoms with Crippen molar-refractivity contribution in [3.05, 3.63) is 0 Å². The van der Waals surface area contributed by atoms with Gasteiger partial charge in [-0.1, -0.05) is 188 Å². The largest absolute Gasteiger partial charge is 0.462 e. The molecule has 0 fully saturated rings. The second-order valence-corrected chi connectivity index (χ2v) is 14.1. The highest BCUT2D eigenvalue weighted by Crippen LogP contribution is 2.19. The van der Waals surface area contributed by atoms with Gasteiger partial charge in [-0.25, -0.2) is 0 Å². The maximum absolute atomic E-state index is 13.1. The molecule has 0 aliphatic heterocycles. The summed E-state index contributed by atoms with van der Waals surface area (Å²) in [6.45, 7) is 9.15. The molecule has 45 heavy (non-hydrogen) atoms. The minimum atomic E-state index is -0.283. The van der Waals surface area contributed by atoms with Crippen LogP contribution >= 0.6 is 0 Å². The lowest BCUT2D eigenvalue weighted by Gasteiger charge is -2.21. The zero-order valence-corrected chi connectivity index (χ0v) is 31.1. The van der Waals surface area contributed by atoms with E-state index in [1.807, 2.05) is 0 Å². The van der Waals surface area contributed by atoms with E-state index < -0.39 is 0 Å². The molecule has 0 rings (SSSR count). The van der Waals surface area contributed by atoms with Crippen LogP contribution in [0.4, 0.5) is 0 Å². The predicted octanol–water partition coefficient (Wildman–Crippen LogP) is 13.4. The van der Waals surface area contributed by atoms with Crippen LogP contribution in [0.2, 0.25) is 0 Å². The first-order valence-electron chi connectivity index (χ1n) is 20.3. The molecule has 0 aliphatic rings. The summed E-state index contributed by atoms with van der Waals surface area (Å²) in [5, 5.41) is 0. The zero-order chi connectivity index (χ0) is 33.1. The van der Waals surface area contributed by atoms with Crippen molar-refractivity contribution in [2.75, 3.05) is 6.61 Å². The van der Waals surface area contributed by atoms with Gasteiger partial charge in [0.2, 0.25) is 0 Å². The fourth-order valence-electron chi connectivity index (χ4n) is 6.39. The first-order chi connectivity index (χ1) is 22.0. The van der Waals surface area contributed by atoms with E-state index in [1.165, 1.54) is 154 Å². The van der Waals surface area contributed by atoms with Gasteiger partial charge in [0.25, 0.3) is 0 Å². The highest BCUT2D eigenvalue weighted by molar-refractivity contribution is 5.77. The van der Waals surface area contributed by atoms with Crippen molar-refractivity contribution in [2.45, 2.75) is 245 Å². The highest BCUT2D eigenvalue weighted by atomic mass is 16.5. The molecule has 0 N–H and O–H groups in total. The summed E-state index contributed by atoms with van der Waals surface area (Å²) in [4.78, 5) is 25.0. The van der Waals surface area contributed by atoms with Crippen LogP contribution in [-0.2, 0) is 19.1 Å². The number of rotatable bonds is 37. The average molecular weight is 637 g/mol. The van der Waals surface area contributed by atoms with Crippen molar-refractivity contribution in [3.8, 4) is 0 Å². The molecule has 0 radical (unpaired) electrons. The molecule has 268 valence electrons. The van der Waals surface area contributed by atoms with Crippen LogP contribution in [0.3, 0.4) is 0 Å². The first kappa shape index (κ1) is 44.1. The first-order valence-corrected chi connectivity index (χ1v) is 20.3. The number of Topliss-reactive ketones (excluding diaryl/α,β-unsaturated/α-hetero) is 1. The summed E-state index contributed by atoms with van der Waals surface area (Å²) >= 11 is 0. The highest BCUT2D eigenvalue weighted by Gasteiger charge is 2.20. The Morgan fingerprint density at radius 1 is 0.422 bits per heavy atom. The van der Waals surface area contributed by atoms with E-state index in [0.29, 0.717) is 12.8 Å². The summed E-state index contributed by atoms with van der Waals surface area (Å²) in [7, 11) is 0. The van der Waals surface area contributed by atoms with Crippen molar-refractivity contribution in [1.29, 1.82) is 0 Å². The Balaban J connectivity index is 4.50. The predicted molar refractivity (Wildman–Crippen MR) is 195 cm³/mol. The molecule has 0 heterocycles. The minimum Gasteiger partial charge on any atom is -0.462 e. The Bertz CT molecular complexity index is 619. The number of hydrogen-bond acceptors (Lipinski definition) is 4. The monoisotopic (exact) mass is 637 g/mol. The Morgan fingerprint density at radius 3 is 1.13 bits per heavy atom. The van der Waals surface area contributed by atoms with Crippen LogP contribution in [0.1, 0.15) is 233 Å². The second-order valence-electron chi connectivity index (χ2n) is 14.1. The summed E-state index contributed by atoms with van der Waals surface area (Å²) in [6.07, 6.45) is 38.2. The van der Waals surface area contributed by atoms with E-state index in [0.717, 1.165) is 45.1 Å². The maximum Gasteiger partial charge on any atom is 0.308 e. The summed E-state index contributed by atoms with van der Waals surface area (Å²) in [6, 6.07) is 0. The zero-order valence-electron chi connectivity index (χ0n) is 31.1. The van der Waals surface area contributed by atoms with E-state index >= 15 is 0 Å². The molecule has 0 amide bonds. The van der Waals surface area contributed by atoms with Gasteiger partial charge in [0.05, 0.1) is 12.5 Å². The molecule has 0 aromatic rings. The van der Waals surface area contributed by atoms with Crippen LogP contribution in [0, 0.1) is 0 Å². The standard InChI is InChI=1S/C41H80O4/c1-5-8-11-14-17-20-23-26-29-32-35-44-39(33-30-27-24-21-18-15-12-9-6-2)37-41(43)45-40(36-38(4)42)34-31-28-25-22-19-16-13-10-7-3/h39-40H,5-37H2,1-4H3/t39-,40+/m0/s1. The molecule has 0 aromatic heterocycles. The van der Waals surface area contributed by atoms with E-state index in [-0.39, 0.29) is 24.0 Å². The van der Waals surface area contributed by atoms with Crippen molar-refractivity contribution < 1.29 is 19.1 Å². The van der Waals surface area contributed by atoms with Crippen molar-refractivity contribution in [3.63, 3.8) is 0 Å². The summed E-state index contributed by atoms with van der Waals surface area (Å²) < 4.78 is 12.2. The second kappa shape index (κ2) is 35.9. The fraction of sp³-hybridized carbons (Fsp3) is 0.951. The quantitative estimate of drug-likeness (QED) is 0.0503. The van der Waals surface area contributed by atoms with Gasteiger partial charge in [0, 0.05) is 13.0 Å². The normalized spacial score (nSPS) is 12.8. The topological polar surface area (TPSA) is 52.6 Å². The number of carbonyl (C=O) groups is 2. The van der Waals surface area contributed by atoms with E-state index in [1.54, 1.807) is 6.92 Å². The van der Waals surface area contributed by atoms with Crippen LogP contribution < -0.4 is 0 Å². The van der Waals surface area contributed by atoms with E-state index in [9.17, 15) is 9.59 Å². The Labute approximate surface area is 282 Å². The number of hydrogen-bond donors (Lipinski definition) is 0. The molecule has 0 saturated carbocycles. The molecule has 2 atom stereocenters. The van der Waals surface area contributed by atoms with Gasteiger partial charge >= 0.3 is 5.97 Å². The third-order valence-corrected chi connectivity index (χ3v) is 9.32. The van der Waals surface area contributed by atoms with Gasteiger partial charge in [-0.15, -0.1) is 0 Å². The third kappa shape index (κ3) is 34.3. The van der Waals surface area contributed by atoms with Gasteiger partial charge in [0.1, 0.15) is 11.9 Å². The molecule has 0 aliphatic carbocycles. The third-order valence-electron chi connectivity index (χ3n) is 9.32. The fourth-order valence-corrected chi connectivity index (χ4v) is 6.39. The Kier molecular flexibility index (Phi) is 35.2. The molecule has 0 bridgehead atoms. The molecule has 0 spiro atoms. The number of ether oxygens (including phenoxy) is 2.